The number of benzene rings is 3. The number of amides is 1. The van der Waals surface area contributed by atoms with Gasteiger partial charge in [0.25, 0.3) is 5.91 Å². The van der Waals surface area contributed by atoms with Gasteiger partial charge in [0, 0.05) is 11.3 Å². The normalized spacial score (nSPS) is 10.9. The van der Waals surface area contributed by atoms with E-state index in [0.29, 0.717) is 37.3 Å². The lowest BCUT2D eigenvalue weighted by Crippen LogP contribution is -2.12. The number of nitrogens with one attached hydrogen (secondary N) is 1. The van der Waals surface area contributed by atoms with Gasteiger partial charge in [0.15, 0.2) is 5.75 Å². The maximum absolute atomic E-state index is 13.5. The van der Waals surface area contributed by atoms with Crippen LogP contribution in [-0.4, -0.2) is 22.4 Å². The molecule has 3 aromatic carbocycles. The molecule has 0 aliphatic heterocycles. The molecule has 0 saturated carbocycles. The maximum Gasteiger partial charge on any atom is 0.270 e. The van der Waals surface area contributed by atoms with E-state index in [0.717, 1.165) is 6.21 Å². The minimum Gasteiger partial charge on any atom is -0.507 e. The third kappa shape index (κ3) is 5.12. The SMILES string of the molecule is O=C(/C=N/O)Nc1cc(Br)c(Oc2ccc(O)c(-c3cccc(F)c3)c2)c(Br)c1. The lowest BCUT2D eigenvalue weighted by Gasteiger charge is -2.14. The molecule has 148 valence electrons. The van der Waals surface area contributed by atoms with Crippen LogP contribution in [0.1, 0.15) is 0 Å². The number of nitrogens with zero attached hydrogens (tertiary/aromatic N) is 1. The highest BCUT2D eigenvalue weighted by molar-refractivity contribution is 9.11. The van der Waals surface area contributed by atoms with E-state index in [1.807, 2.05) is 0 Å². The second-order valence-electron chi connectivity index (χ2n) is 5.79. The lowest BCUT2D eigenvalue weighted by molar-refractivity contribution is -0.110. The summed E-state index contributed by atoms with van der Waals surface area (Å²) in [6.45, 7) is 0. The van der Waals surface area contributed by atoms with E-state index in [9.17, 15) is 14.3 Å². The van der Waals surface area contributed by atoms with Crippen molar-refractivity contribution in [2.45, 2.75) is 0 Å². The van der Waals surface area contributed by atoms with Crippen molar-refractivity contribution in [2.24, 2.45) is 5.16 Å². The first-order chi connectivity index (χ1) is 13.9. The number of hydrogen-bond donors (Lipinski definition) is 3. The molecule has 0 aromatic heterocycles. The molecule has 0 spiro atoms. The van der Waals surface area contributed by atoms with Gasteiger partial charge in [-0.3, -0.25) is 4.79 Å². The predicted octanol–water partition coefficient (Wildman–Crippen LogP) is 5.91. The Morgan fingerprint density at radius 3 is 2.48 bits per heavy atom. The zero-order valence-corrected chi connectivity index (χ0v) is 17.7. The fourth-order valence-electron chi connectivity index (χ4n) is 2.54. The Kier molecular flexibility index (Phi) is 6.50. The average Bonchev–Trinajstić information content (AvgIpc) is 2.66. The second kappa shape index (κ2) is 9.06. The molecule has 9 heteroatoms. The zero-order chi connectivity index (χ0) is 21.0. The van der Waals surface area contributed by atoms with Crippen molar-refractivity contribution in [1.82, 2.24) is 0 Å². The Morgan fingerprint density at radius 2 is 1.83 bits per heavy atom. The summed E-state index contributed by atoms with van der Waals surface area (Å²) in [5.41, 5.74) is 1.36. The van der Waals surface area contributed by atoms with Crippen molar-refractivity contribution in [3.05, 3.63) is 69.4 Å². The van der Waals surface area contributed by atoms with Crippen LogP contribution in [0.15, 0.2) is 68.7 Å². The molecule has 0 aliphatic rings. The summed E-state index contributed by atoms with van der Waals surface area (Å²) >= 11 is 6.77. The zero-order valence-electron chi connectivity index (χ0n) is 14.6. The Morgan fingerprint density at radius 1 is 1.10 bits per heavy atom. The molecule has 3 aromatic rings. The first-order valence-electron chi connectivity index (χ1n) is 8.11. The van der Waals surface area contributed by atoms with Gasteiger partial charge >= 0.3 is 0 Å². The van der Waals surface area contributed by atoms with E-state index >= 15 is 0 Å². The number of aromatic hydroxyl groups is 1. The van der Waals surface area contributed by atoms with Crippen molar-refractivity contribution in [2.75, 3.05) is 5.32 Å². The molecule has 1 amide bonds. The van der Waals surface area contributed by atoms with Crippen LogP contribution in [0.4, 0.5) is 10.1 Å². The number of phenolic OH excluding ortho intramolecular Hbond substituents is 1. The number of oxime groups is 1. The van der Waals surface area contributed by atoms with Crippen LogP contribution in [0.2, 0.25) is 0 Å². The van der Waals surface area contributed by atoms with Gasteiger partial charge in [-0.2, -0.15) is 0 Å². The largest absolute Gasteiger partial charge is 0.507 e. The lowest BCUT2D eigenvalue weighted by atomic mass is 10.0. The maximum atomic E-state index is 13.5. The summed E-state index contributed by atoms with van der Waals surface area (Å²) < 4.78 is 20.5. The van der Waals surface area contributed by atoms with Crippen LogP contribution < -0.4 is 10.1 Å². The van der Waals surface area contributed by atoms with Crippen LogP contribution in [0.5, 0.6) is 17.2 Å². The number of anilines is 1. The molecule has 0 aliphatic carbocycles. The number of phenols is 1. The highest BCUT2D eigenvalue weighted by Gasteiger charge is 2.13. The molecule has 3 N–H and O–H groups in total. The molecule has 0 atom stereocenters. The van der Waals surface area contributed by atoms with E-state index < -0.39 is 11.7 Å². The van der Waals surface area contributed by atoms with Crippen molar-refractivity contribution >= 4 is 49.7 Å². The van der Waals surface area contributed by atoms with Gasteiger partial charge in [0.2, 0.25) is 0 Å². The quantitative estimate of drug-likeness (QED) is 0.220. The first kappa shape index (κ1) is 20.8. The van der Waals surface area contributed by atoms with Crippen LogP contribution in [0.25, 0.3) is 11.1 Å². The summed E-state index contributed by atoms with van der Waals surface area (Å²) in [5, 5.41) is 23.7. The molecule has 0 fully saturated rings. The smallest absolute Gasteiger partial charge is 0.270 e. The molecule has 0 saturated heterocycles. The number of ether oxygens (including phenoxy) is 1. The molecule has 29 heavy (non-hydrogen) atoms. The summed E-state index contributed by atoms with van der Waals surface area (Å²) in [7, 11) is 0. The Bertz CT molecular complexity index is 1080. The third-order valence-electron chi connectivity index (χ3n) is 3.76. The minimum absolute atomic E-state index is 0.00955. The van der Waals surface area contributed by atoms with Gasteiger partial charge in [-0.25, -0.2) is 4.39 Å². The van der Waals surface area contributed by atoms with Crippen LogP contribution in [0.3, 0.4) is 0 Å². The van der Waals surface area contributed by atoms with E-state index in [-0.39, 0.29) is 5.75 Å². The number of halogens is 3. The summed E-state index contributed by atoms with van der Waals surface area (Å²) in [5.74, 6) is -0.187. The molecule has 0 bridgehead atoms. The third-order valence-corrected chi connectivity index (χ3v) is 4.94. The highest BCUT2D eigenvalue weighted by Crippen LogP contribution is 2.41. The van der Waals surface area contributed by atoms with Gasteiger partial charge in [0.05, 0.1) is 8.95 Å². The van der Waals surface area contributed by atoms with Crippen molar-refractivity contribution < 1.29 is 24.2 Å². The van der Waals surface area contributed by atoms with Gasteiger partial charge < -0.3 is 20.4 Å². The highest BCUT2D eigenvalue weighted by atomic mass is 79.9. The Hall–Kier alpha value is -2.91. The van der Waals surface area contributed by atoms with Crippen LogP contribution in [-0.2, 0) is 4.79 Å². The Balaban J connectivity index is 1.90. The van der Waals surface area contributed by atoms with Crippen molar-refractivity contribution in [3.8, 4) is 28.4 Å². The molecule has 0 heterocycles. The monoisotopic (exact) mass is 522 g/mol. The fourth-order valence-corrected chi connectivity index (χ4v) is 3.89. The molecular weight excluding hydrogens is 511 g/mol. The fraction of sp³-hybridized carbons (Fsp3) is 0. The number of carbonyl (C=O) groups excluding carboxylic acids is 1. The molecular formula is C20H13Br2FN2O4. The van der Waals surface area contributed by atoms with E-state index in [4.69, 9.17) is 9.94 Å². The number of carbonyl (C=O) groups is 1. The average molecular weight is 524 g/mol. The molecule has 0 unspecified atom stereocenters. The minimum atomic E-state index is -0.599. The van der Waals surface area contributed by atoms with E-state index in [1.165, 1.54) is 18.2 Å². The first-order valence-corrected chi connectivity index (χ1v) is 9.70. The summed E-state index contributed by atoms with van der Waals surface area (Å²) in [4.78, 5) is 11.5. The van der Waals surface area contributed by atoms with Gasteiger partial charge in [-0.15, -0.1) is 0 Å². The molecule has 3 rings (SSSR count). The Labute approximate surface area is 181 Å². The molecule has 0 radical (unpaired) electrons. The van der Waals surface area contributed by atoms with Crippen LogP contribution in [0, 0.1) is 5.82 Å². The standard InChI is InChI=1S/C20H13Br2FN2O4/c21-16-7-13(25-19(27)10-24-28)8-17(22)20(16)29-14-4-5-18(26)15(9-14)11-2-1-3-12(23)6-11/h1-10,26,28H,(H,25,27)/b24-10+. The predicted molar refractivity (Wildman–Crippen MR) is 114 cm³/mol. The van der Waals surface area contributed by atoms with Crippen molar-refractivity contribution in [3.63, 3.8) is 0 Å². The van der Waals surface area contributed by atoms with E-state index in [1.54, 1.807) is 36.4 Å². The van der Waals surface area contributed by atoms with E-state index in [2.05, 4.69) is 42.3 Å². The number of hydrogen-bond acceptors (Lipinski definition) is 5. The second-order valence-corrected chi connectivity index (χ2v) is 7.50. The summed E-state index contributed by atoms with van der Waals surface area (Å²) in [6.07, 6.45) is 0.733. The van der Waals surface area contributed by atoms with Gasteiger partial charge in [0.1, 0.15) is 23.5 Å². The van der Waals surface area contributed by atoms with Crippen molar-refractivity contribution in [1.29, 1.82) is 0 Å². The van der Waals surface area contributed by atoms with Crippen LogP contribution >= 0.6 is 31.9 Å². The van der Waals surface area contributed by atoms with Gasteiger partial charge in [-0.05, 0) is 79.9 Å². The summed E-state index contributed by atoms with van der Waals surface area (Å²) in [6, 6.07) is 13.7. The number of rotatable bonds is 5. The van der Waals surface area contributed by atoms with Gasteiger partial charge in [-0.1, -0.05) is 17.3 Å². The molecule has 6 nitrogen and oxygen atoms in total. The topological polar surface area (TPSA) is 91.2 Å².